The van der Waals surface area contributed by atoms with Gasteiger partial charge in [-0.3, -0.25) is 4.90 Å². The van der Waals surface area contributed by atoms with Crippen molar-refractivity contribution in [1.29, 1.82) is 0 Å². The lowest BCUT2D eigenvalue weighted by Gasteiger charge is -2.36. The Morgan fingerprint density at radius 2 is 1.45 bits per heavy atom. The summed E-state index contributed by atoms with van der Waals surface area (Å²) in [5, 5.41) is 0.707. The van der Waals surface area contributed by atoms with Crippen molar-refractivity contribution >= 4 is 17.6 Å². The van der Waals surface area contributed by atoms with Crippen LogP contribution in [0.3, 0.4) is 0 Å². The molecule has 2 saturated heterocycles. The van der Waals surface area contributed by atoms with Crippen LogP contribution < -0.4 is 0 Å². The second kappa shape index (κ2) is 9.98. The van der Waals surface area contributed by atoms with Gasteiger partial charge < -0.3 is 9.80 Å². The first-order valence-corrected chi connectivity index (χ1v) is 12.2. The summed E-state index contributed by atoms with van der Waals surface area (Å²) >= 11 is 6.22. The van der Waals surface area contributed by atoms with Gasteiger partial charge in [-0.2, -0.15) is 0 Å². The van der Waals surface area contributed by atoms with Crippen LogP contribution in [0.5, 0.6) is 0 Å². The van der Waals surface area contributed by atoms with Gasteiger partial charge in [0.1, 0.15) is 0 Å². The Labute approximate surface area is 201 Å². The van der Waals surface area contributed by atoms with E-state index >= 15 is 0 Å². The van der Waals surface area contributed by atoms with Crippen LogP contribution in [0.15, 0.2) is 84.9 Å². The largest absolute Gasteiger partial charge is 0.321 e. The molecule has 0 spiro atoms. The highest BCUT2D eigenvalue weighted by Gasteiger charge is 2.41. The second-order valence-corrected chi connectivity index (χ2v) is 9.55. The maximum atomic E-state index is 13.7. The Balaban J connectivity index is 1.29. The van der Waals surface area contributed by atoms with Crippen LogP contribution in [0, 0.1) is 0 Å². The highest BCUT2D eigenvalue weighted by atomic mass is 35.5. The molecule has 3 aromatic rings. The van der Waals surface area contributed by atoms with Gasteiger partial charge in [0, 0.05) is 43.8 Å². The maximum Gasteiger partial charge on any atom is 0.321 e. The number of urea groups is 1. The highest BCUT2D eigenvalue weighted by molar-refractivity contribution is 6.30. The Morgan fingerprint density at radius 1 is 0.788 bits per heavy atom. The number of likely N-dealkylation sites (tertiary alicyclic amines) is 1. The smallest absolute Gasteiger partial charge is 0.319 e. The molecule has 1 atom stereocenters. The summed E-state index contributed by atoms with van der Waals surface area (Å²) in [5.74, 6) is 0. The van der Waals surface area contributed by atoms with Crippen molar-refractivity contribution in [2.24, 2.45) is 0 Å². The topological polar surface area (TPSA) is 26.8 Å². The van der Waals surface area contributed by atoms with Crippen LogP contribution in [0.1, 0.15) is 35.6 Å². The summed E-state index contributed by atoms with van der Waals surface area (Å²) in [5.41, 5.74) is 3.61. The standard InChI is InChI=1S/C28H30ClN3O/c29-25-13-7-10-23(18-25)20-32-27(24-11-5-2-6-12-24)21-31(28(32)33)26-14-16-30(17-15-26)19-22-8-3-1-4-9-22/h1-13,18,26-27H,14-17,19-21H2. The number of rotatable bonds is 6. The fourth-order valence-corrected chi connectivity index (χ4v) is 5.38. The van der Waals surface area contributed by atoms with Crippen LogP contribution in [-0.4, -0.2) is 46.4 Å². The summed E-state index contributed by atoms with van der Waals surface area (Å²) in [6.07, 6.45) is 2.04. The Morgan fingerprint density at radius 3 is 2.15 bits per heavy atom. The van der Waals surface area contributed by atoms with Gasteiger partial charge in [-0.1, -0.05) is 84.4 Å². The Hall–Kier alpha value is -2.82. The van der Waals surface area contributed by atoms with E-state index in [4.69, 9.17) is 11.6 Å². The molecule has 2 aliphatic rings. The lowest BCUT2D eigenvalue weighted by Crippen LogP contribution is -2.46. The number of carbonyl (C=O) groups is 1. The molecule has 2 heterocycles. The number of hydrogen-bond acceptors (Lipinski definition) is 2. The van der Waals surface area contributed by atoms with Gasteiger partial charge in [-0.15, -0.1) is 0 Å². The van der Waals surface area contributed by atoms with E-state index in [-0.39, 0.29) is 12.1 Å². The van der Waals surface area contributed by atoms with Crippen LogP contribution in [-0.2, 0) is 13.1 Å². The van der Waals surface area contributed by atoms with Crippen molar-refractivity contribution in [3.63, 3.8) is 0 Å². The molecule has 2 aliphatic heterocycles. The molecular weight excluding hydrogens is 430 g/mol. The number of halogens is 1. The van der Waals surface area contributed by atoms with E-state index in [0.29, 0.717) is 17.6 Å². The predicted octanol–water partition coefficient (Wildman–Crippen LogP) is 5.98. The molecule has 0 N–H and O–H groups in total. The van der Waals surface area contributed by atoms with Gasteiger partial charge in [-0.05, 0) is 41.7 Å². The third-order valence-electron chi connectivity index (χ3n) is 6.91. The summed E-state index contributed by atoms with van der Waals surface area (Å²) in [7, 11) is 0. The number of benzene rings is 3. The molecular formula is C28H30ClN3O. The van der Waals surface area contributed by atoms with Crippen molar-refractivity contribution in [2.75, 3.05) is 19.6 Å². The van der Waals surface area contributed by atoms with Gasteiger partial charge in [0.05, 0.1) is 6.04 Å². The maximum absolute atomic E-state index is 13.7. The van der Waals surface area contributed by atoms with Crippen LogP contribution in [0.2, 0.25) is 5.02 Å². The first-order chi connectivity index (χ1) is 16.2. The zero-order chi connectivity index (χ0) is 22.6. The van der Waals surface area contributed by atoms with E-state index in [1.807, 2.05) is 35.2 Å². The Bertz CT molecular complexity index is 1070. The van der Waals surface area contributed by atoms with E-state index in [2.05, 4.69) is 64.4 Å². The third-order valence-corrected chi connectivity index (χ3v) is 7.15. The molecule has 0 aliphatic carbocycles. The third kappa shape index (κ3) is 5.07. The molecule has 0 bridgehead atoms. The minimum Gasteiger partial charge on any atom is -0.319 e. The van der Waals surface area contributed by atoms with Crippen LogP contribution in [0.4, 0.5) is 4.79 Å². The van der Waals surface area contributed by atoms with Gasteiger partial charge in [0.2, 0.25) is 0 Å². The SMILES string of the molecule is O=C1N(C2CCN(Cc3ccccc3)CC2)CC(c2ccccc2)N1Cc1cccc(Cl)c1. The second-order valence-electron chi connectivity index (χ2n) is 9.11. The Kier molecular flexibility index (Phi) is 6.65. The van der Waals surface area contributed by atoms with Crippen LogP contribution in [0.25, 0.3) is 0 Å². The first-order valence-electron chi connectivity index (χ1n) is 11.8. The number of nitrogens with zero attached hydrogens (tertiary/aromatic N) is 3. The quantitative estimate of drug-likeness (QED) is 0.453. The van der Waals surface area contributed by atoms with Crippen molar-refractivity contribution in [3.05, 3.63) is 107 Å². The fourth-order valence-electron chi connectivity index (χ4n) is 5.17. The predicted molar refractivity (Wildman–Crippen MR) is 133 cm³/mol. The molecule has 5 rings (SSSR count). The van der Waals surface area contributed by atoms with E-state index in [1.54, 1.807) is 0 Å². The van der Waals surface area contributed by atoms with Crippen molar-refractivity contribution in [2.45, 2.75) is 38.0 Å². The minimum absolute atomic E-state index is 0.0556. The molecule has 2 fully saturated rings. The lowest BCUT2D eigenvalue weighted by molar-refractivity contribution is 0.126. The fraction of sp³-hybridized carbons (Fsp3) is 0.321. The number of hydrogen-bond donors (Lipinski definition) is 0. The zero-order valence-electron chi connectivity index (χ0n) is 18.8. The minimum atomic E-state index is 0.0556. The first kappa shape index (κ1) is 22.0. The molecule has 0 aromatic heterocycles. The summed E-state index contributed by atoms with van der Waals surface area (Å²) in [6.45, 7) is 4.34. The van der Waals surface area contributed by atoms with Gasteiger partial charge >= 0.3 is 6.03 Å². The number of carbonyl (C=O) groups excluding carboxylic acids is 1. The molecule has 3 aromatic carbocycles. The molecule has 0 radical (unpaired) electrons. The van der Waals surface area contributed by atoms with Gasteiger partial charge in [0.25, 0.3) is 0 Å². The summed E-state index contributed by atoms with van der Waals surface area (Å²) in [4.78, 5) is 20.3. The van der Waals surface area contributed by atoms with E-state index in [9.17, 15) is 4.79 Å². The van der Waals surface area contributed by atoms with E-state index < -0.39 is 0 Å². The molecule has 4 nitrogen and oxygen atoms in total. The number of piperidine rings is 1. The highest BCUT2D eigenvalue weighted by Crippen LogP contribution is 2.34. The zero-order valence-corrected chi connectivity index (χ0v) is 19.6. The summed E-state index contributed by atoms with van der Waals surface area (Å²) in [6, 6.07) is 29.4. The van der Waals surface area contributed by atoms with Gasteiger partial charge in [0.15, 0.2) is 0 Å². The van der Waals surface area contributed by atoms with Crippen molar-refractivity contribution in [3.8, 4) is 0 Å². The lowest BCUT2D eigenvalue weighted by atomic mass is 10.0. The molecule has 2 amide bonds. The van der Waals surface area contributed by atoms with Gasteiger partial charge in [-0.25, -0.2) is 4.79 Å². The normalized spacial score (nSPS) is 19.9. The van der Waals surface area contributed by atoms with E-state index in [1.165, 1.54) is 11.1 Å². The molecule has 170 valence electrons. The van der Waals surface area contributed by atoms with E-state index in [0.717, 1.165) is 44.6 Å². The number of amides is 2. The average Bonchev–Trinajstić information content (AvgIpc) is 3.17. The van der Waals surface area contributed by atoms with Crippen molar-refractivity contribution < 1.29 is 4.79 Å². The van der Waals surface area contributed by atoms with Crippen LogP contribution >= 0.6 is 11.6 Å². The summed E-state index contributed by atoms with van der Waals surface area (Å²) < 4.78 is 0. The average molecular weight is 460 g/mol. The molecule has 33 heavy (non-hydrogen) atoms. The van der Waals surface area contributed by atoms with Crippen molar-refractivity contribution in [1.82, 2.24) is 14.7 Å². The molecule has 0 saturated carbocycles. The monoisotopic (exact) mass is 459 g/mol. The molecule has 1 unspecified atom stereocenters. The molecule has 5 heteroatoms.